The molecule has 1 atom stereocenters. The van der Waals surface area contributed by atoms with Crippen molar-refractivity contribution in [3.05, 3.63) is 58.1 Å². The molecule has 0 bridgehead atoms. The molecular formula is C19H20Cl2N2O2. The van der Waals surface area contributed by atoms with Crippen molar-refractivity contribution in [1.82, 2.24) is 4.90 Å². The van der Waals surface area contributed by atoms with Crippen molar-refractivity contribution < 1.29 is 9.53 Å². The van der Waals surface area contributed by atoms with Crippen molar-refractivity contribution in [3.8, 4) is 5.75 Å². The lowest BCUT2D eigenvalue weighted by Gasteiger charge is -2.25. The third-order valence-corrected chi connectivity index (χ3v) is 4.99. The smallest absolute Gasteiger partial charge is 0.238 e. The molecule has 0 spiro atoms. The first-order valence-corrected chi connectivity index (χ1v) is 8.96. The minimum atomic E-state index is -0.0977. The van der Waals surface area contributed by atoms with E-state index in [0.29, 0.717) is 23.0 Å². The molecule has 0 aliphatic carbocycles. The molecule has 1 saturated heterocycles. The van der Waals surface area contributed by atoms with Gasteiger partial charge in [0.15, 0.2) is 0 Å². The van der Waals surface area contributed by atoms with Gasteiger partial charge in [-0.1, -0.05) is 41.4 Å². The number of hydrogen-bond donors (Lipinski definition) is 1. The van der Waals surface area contributed by atoms with Crippen molar-refractivity contribution in [2.45, 2.75) is 18.9 Å². The van der Waals surface area contributed by atoms with E-state index in [4.69, 9.17) is 27.9 Å². The third kappa shape index (κ3) is 4.27. The van der Waals surface area contributed by atoms with E-state index in [2.05, 4.69) is 10.2 Å². The molecule has 1 N–H and O–H groups in total. The summed E-state index contributed by atoms with van der Waals surface area (Å²) in [4.78, 5) is 14.7. The quantitative estimate of drug-likeness (QED) is 0.813. The molecule has 1 unspecified atom stereocenters. The maximum absolute atomic E-state index is 12.5. The Morgan fingerprint density at radius 2 is 2.08 bits per heavy atom. The van der Waals surface area contributed by atoms with Gasteiger partial charge in [-0.25, -0.2) is 0 Å². The number of carbonyl (C=O) groups is 1. The van der Waals surface area contributed by atoms with Crippen molar-refractivity contribution in [3.63, 3.8) is 0 Å². The number of rotatable bonds is 5. The number of nitrogens with one attached hydrogen (secondary N) is 1. The van der Waals surface area contributed by atoms with E-state index in [9.17, 15) is 4.79 Å². The summed E-state index contributed by atoms with van der Waals surface area (Å²) in [5, 5.41) is 4.19. The van der Waals surface area contributed by atoms with E-state index >= 15 is 0 Å². The second-order valence-corrected chi connectivity index (χ2v) is 6.89. The van der Waals surface area contributed by atoms with Gasteiger partial charge >= 0.3 is 0 Å². The summed E-state index contributed by atoms with van der Waals surface area (Å²) in [6.07, 6.45) is 2.04. The SMILES string of the molecule is COc1ccc(Cl)cc1NC(=O)CN1CCCC1c1ccccc1Cl. The first-order chi connectivity index (χ1) is 12.1. The fraction of sp³-hybridized carbons (Fsp3) is 0.316. The van der Waals surface area contributed by atoms with E-state index in [-0.39, 0.29) is 11.9 Å². The van der Waals surface area contributed by atoms with E-state index < -0.39 is 0 Å². The van der Waals surface area contributed by atoms with Crippen molar-refractivity contribution >= 4 is 34.8 Å². The van der Waals surface area contributed by atoms with Gasteiger partial charge in [0, 0.05) is 16.1 Å². The molecule has 1 aliphatic rings. The number of halogens is 2. The van der Waals surface area contributed by atoms with Crippen LogP contribution in [0.25, 0.3) is 0 Å². The van der Waals surface area contributed by atoms with Gasteiger partial charge in [-0.05, 0) is 49.2 Å². The van der Waals surface area contributed by atoms with Crippen LogP contribution in [0.1, 0.15) is 24.4 Å². The highest BCUT2D eigenvalue weighted by Crippen LogP contribution is 2.35. The van der Waals surface area contributed by atoms with Crippen molar-refractivity contribution in [2.24, 2.45) is 0 Å². The second kappa shape index (κ2) is 8.09. The zero-order valence-electron chi connectivity index (χ0n) is 14.0. The predicted molar refractivity (Wildman–Crippen MR) is 102 cm³/mol. The number of nitrogens with zero attached hydrogens (tertiary/aromatic N) is 1. The van der Waals surface area contributed by atoms with Crippen LogP contribution in [0, 0.1) is 0 Å². The molecule has 1 aliphatic heterocycles. The van der Waals surface area contributed by atoms with Crippen LogP contribution in [0.4, 0.5) is 5.69 Å². The minimum absolute atomic E-state index is 0.0977. The van der Waals surface area contributed by atoms with Gasteiger partial charge in [-0.3, -0.25) is 9.69 Å². The molecule has 4 nitrogen and oxygen atoms in total. The highest BCUT2D eigenvalue weighted by Gasteiger charge is 2.29. The summed E-state index contributed by atoms with van der Waals surface area (Å²) < 4.78 is 5.27. The number of benzene rings is 2. The highest BCUT2D eigenvalue weighted by molar-refractivity contribution is 6.31. The fourth-order valence-corrected chi connectivity index (χ4v) is 3.70. The van der Waals surface area contributed by atoms with Gasteiger partial charge in [0.1, 0.15) is 5.75 Å². The highest BCUT2D eigenvalue weighted by atomic mass is 35.5. The molecule has 1 amide bonds. The lowest BCUT2D eigenvalue weighted by molar-refractivity contribution is -0.117. The molecule has 0 aromatic heterocycles. The average molecular weight is 379 g/mol. The van der Waals surface area contributed by atoms with E-state index in [1.54, 1.807) is 25.3 Å². The number of carbonyl (C=O) groups excluding carboxylic acids is 1. The molecule has 132 valence electrons. The van der Waals surface area contributed by atoms with Crippen molar-refractivity contribution in [2.75, 3.05) is 25.5 Å². The standard InChI is InChI=1S/C19H20Cl2N2O2/c1-25-18-9-8-13(20)11-16(18)22-19(24)12-23-10-4-7-17(23)14-5-2-3-6-15(14)21/h2-3,5-6,8-9,11,17H,4,7,10,12H2,1H3,(H,22,24). The van der Waals surface area contributed by atoms with Gasteiger partial charge in [0.2, 0.25) is 5.91 Å². The Morgan fingerprint density at radius 3 is 2.84 bits per heavy atom. The van der Waals surface area contributed by atoms with Crippen molar-refractivity contribution in [1.29, 1.82) is 0 Å². The summed E-state index contributed by atoms with van der Waals surface area (Å²) in [5.41, 5.74) is 1.66. The minimum Gasteiger partial charge on any atom is -0.495 e. The number of amides is 1. The van der Waals surface area contributed by atoms with Gasteiger partial charge in [-0.2, -0.15) is 0 Å². The monoisotopic (exact) mass is 378 g/mol. The van der Waals surface area contributed by atoms with Gasteiger partial charge in [-0.15, -0.1) is 0 Å². The topological polar surface area (TPSA) is 41.6 Å². The first kappa shape index (κ1) is 18.1. The van der Waals surface area contributed by atoms with Crippen LogP contribution in [0.15, 0.2) is 42.5 Å². The molecule has 25 heavy (non-hydrogen) atoms. The lowest BCUT2D eigenvalue weighted by atomic mass is 10.0. The number of hydrogen-bond acceptors (Lipinski definition) is 3. The van der Waals surface area contributed by atoms with Gasteiger partial charge in [0.25, 0.3) is 0 Å². The summed E-state index contributed by atoms with van der Waals surface area (Å²) in [6, 6.07) is 13.1. The Labute approximate surface area is 157 Å². The van der Waals surface area contributed by atoms with E-state index in [1.165, 1.54) is 0 Å². The molecule has 0 radical (unpaired) electrons. The molecule has 2 aromatic rings. The number of methoxy groups -OCH3 is 1. The van der Waals surface area contributed by atoms with Crippen LogP contribution in [0.2, 0.25) is 10.0 Å². The zero-order valence-corrected chi connectivity index (χ0v) is 15.5. The number of anilines is 1. The third-order valence-electron chi connectivity index (χ3n) is 4.41. The maximum Gasteiger partial charge on any atom is 0.238 e. The molecule has 6 heteroatoms. The van der Waals surface area contributed by atoms with Crippen LogP contribution in [-0.2, 0) is 4.79 Å². The van der Waals surface area contributed by atoms with E-state index in [0.717, 1.165) is 30.0 Å². The normalized spacial score (nSPS) is 17.5. The maximum atomic E-state index is 12.5. The molecule has 1 heterocycles. The molecule has 2 aromatic carbocycles. The Kier molecular flexibility index (Phi) is 5.84. The summed E-state index contributed by atoms with van der Waals surface area (Å²) >= 11 is 12.4. The molecule has 1 fully saturated rings. The van der Waals surface area contributed by atoms with E-state index in [1.807, 2.05) is 24.3 Å². The summed E-state index contributed by atoms with van der Waals surface area (Å²) in [7, 11) is 1.56. The molecular weight excluding hydrogens is 359 g/mol. The van der Waals surface area contributed by atoms with Gasteiger partial charge < -0.3 is 10.1 Å². The number of ether oxygens (including phenoxy) is 1. The van der Waals surface area contributed by atoms with Crippen LogP contribution in [0.5, 0.6) is 5.75 Å². The second-order valence-electron chi connectivity index (χ2n) is 6.04. The van der Waals surface area contributed by atoms with Crippen LogP contribution < -0.4 is 10.1 Å². The molecule has 0 saturated carbocycles. The summed E-state index contributed by atoms with van der Waals surface area (Å²) in [6.45, 7) is 1.17. The fourth-order valence-electron chi connectivity index (χ4n) is 3.27. The Bertz CT molecular complexity index is 767. The molecule has 3 rings (SSSR count). The van der Waals surface area contributed by atoms with Crippen LogP contribution >= 0.6 is 23.2 Å². The lowest BCUT2D eigenvalue weighted by Crippen LogP contribution is -2.33. The largest absolute Gasteiger partial charge is 0.495 e. The summed E-state index contributed by atoms with van der Waals surface area (Å²) in [5.74, 6) is 0.487. The Hall–Kier alpha value is -1.75. The Balaban J connectivity index is 1.70. The van der Waals surface area contributed by atoms with Crippen LogP contribution in [0.3, 0.4) is 0 Å². The zero-order chi connectivity index (χ0) is 17.8. The predicted octanol–water partition coefficient (Wildman–Crippen LogP) is 4.78. The van der Waals surface area contributed by atoms with Crippen LogP contribution in [-0.4, -0.2) is 31.0 Å². The average Bonchev–Trinajstić information content (AvgIpc) is 3.03. The van der Waals surface area contributed by atoms with Gasteiger partial charge in [0.05, 0.1) is 19.3 Å². The first-order valence-electron chi connectivity index (χ1n) is 8.20. The number of likely N-dealkylation sites (tertiary alicyclic amines) is 1. The Morgan fingerprint density at radius 1 is 1.28 bits per heavy atom.